The second-order valence-electron chi connectivity index (χ2n) is 4.85. The van der Waals surface area contributed by atoms with E-state index < -0.39 is 0 Å². The lowest BCUT2D eigenvalue weighted by Crippen LogP contribution is -2.24. The molecule has 1 amide bonds. The molecule has 4 nitrogen and oxygen atoms in total. The fraction of sp³-hybridized carbons (Fsp3) is 0.222. The van der Waals surface area contributed by atoms with Gasteiger partial charge < -0.3 is 10.1 Å². The summed E-state index contributed by atoms with van der Waals surface area (Å²) in [5.74, 6) is 0.694. The summed E-state index contributed by atoms with van der Waals surface area (Å²) in [5.41, 5.74) is 1.93. The second kappa shape index (κ2) is 7.98. The Morgan fingerprint density at radius 1 is 1.32 bits per heavy atom. The van der Waals surface area contributed by atoms with Gasteiger partial charge in [0.2, 0.25) is 5.91 Å². The molecule has 2 aromatic rings. The van der Waals surface area contributed by atoms with E-state index in [2.05, 4.69) is 10.3 Å². The second-order valence-corrected chi connectivity index (χ2v) is 4.85. The van der Waals surface area contributed by atoms with Gasteiger partial charge in [-0.05, 0) is 49.2 Å². The SMILES string of the molecule is CCOc1ccc(/C=C/C(=O)NC(C)c2cccnc2)cc1. The lowest BCUT2D eigenvalue weighted by molar-refractivity contribution is -0.117. The number of benzene rings is 1. The summed E-state index contributed by atoms with van der Waals surface area (Å²) in [6.45, 7) is 4.52. The van der Waals surface area contributed by atoms with Crippen LogP contribution < -0.4 is 10.1 Å². The van der Waals surface area contributed by atoms with Crippen molar-refractivity contribution in [1.29, 1.82) is 0 Å². The van der Waals surface area contributed by atoms with Gasteiger partial charge in [0.25, 0.3) is 0 Å². The van der Waals surface area contributed by atoms with Crippen LogP contribution in [-0.4, -0.2) is 17.5 Å². The summed E-state index contributed by atoms with van der Waals surface area (Å²) in [7, 11) is 0. The molecule has 0 aliphatic rings. The molecule has 2 rings (SSSR count). The van der Waals surface area contributed by atoms with E-state index in [4.69, 9.17) is 4.74 Å². The summed E-state index contributed by atoms with van der Waals surface area (Å²) in [6.07, 6.45) is 6.77. The molecule has 22 heavy (non-hydrogen) atoms. The first kappa shape index (κ1) is 15.8. The molecule has 1 aromatic heterocycles. The molecule has 0 saturated carbocycles. The maximum absolute atomic E-state index is 11.9. The number of carbonyl (C=O) groups excluding carboxylic acids is 1. The summed E-state index contributed by atoms with van der Waals surface area (Å²) in [4.78, 5) is 16.0. The molecule has 0 bridgehead atoms. The zero-order chi connectivity index (χ0) is 15.8. The highest BCUT2D eigenvalue weighted by Gasteiger charge is 2.06. The van der Waals surface area contributed by atoms with Gasteiger partial charge in [-0.25, -0.2) is 0 Å². The van der Waals surface area contributed by atoms with Crippen LogP contribution >= 0.6 is 0 Å². The van der Waals surface area contributed by atoms with Gasteiger partial charge in [0.05, 0.1) is 12.6 Å². The van der Waals surface area contributed by atoms with Gasteiger partial charge >= 0.3 is 0 Å². The monoisotopic (exact) mass is 296 g/mol. The smallest absolute Gasteiger partial charge is 0.244 e. The zero-order valence-electron chi connectivity index (χ0n) is 12.8. The fourth-order valence-electron chi connectivity index (χ4n) is 1.99. The Hall–Kier alpha value is -2.62. The van der Waals surface area contributed by atoms with Crippen LogP contribution in [0.4, 0.5) is 0 Å². The van der Waals surface area contributed by atoms with Crippen LogP contribution in [0.5, 0.6) is 5.75 Å². The van der Waals surface area contributed by atoms with Crippen LogP contribution in [0.25, 0.3) is 6.08 Å². The van der Waals surface area contributed by atoms with Crippen molar-refractivity contribution >= 4 is 12.0 Å². The van der Waals surface area contributed by atoms with E-state index in [1.807, 2.05) is 50.2 Å². The van der Waals surface area contributed by atoms with Gasteiger partial charge in [-0.15, -0.1) is 0 Å². The lowest BCUT2D eigenvalue weighted by atomic mass is 10.1. The molecule has 0 saturated heterocycles. The molecule has 0 spiro atoms. The first-order chi connectivity index (χ1) is 10.7. The average Bonchev–Trinajstić information content (AvgIpc) is 2.55. The molecular weight excluding hydrogens is 276 g/mol. The van der Waals surface area contributed by atoms with E-state index in [0.717, 1.165) is 16.9 Å². The first-order valence-corrected chi connectivity index (χ1v) is 7.30. The summed E-state index contributed by atoms with van der Waals surface area (Å²) >= 11 is 0. The predicted octanol–water partition coefficient (Wildman–Crippen LogP) is 3.37. The number of hydrogen-bond acceptors (Lipinski definition) is 3. The number of ether oxygens (including phenoxy) is 1. The van der Waals surface area contributed by atoms with Crippen molar-refractivity contribution in [2.45, 2.75) is 19.9 Å². The van der Waals surface area contributed by atoms with Gasteiger partial charge in [0, 0.05) is 18.5 Å². The minimum absolute atomic E-state index is 0.0776. The van der Waals surface area contributed by atoms with Gasteiger partial charge in [-0.3, -0.25) is 9.78 Å². The largest absolute Gasteiger partial charge is 0.494 e. The molecule has 0 aliphatic carbocycles. The molecular formula is C18H20N2O2. The third-order valence-corrected chi connectivity index (χ3v) is 3.16. The highest BCUT2D eigenvalue weighted by Crippen LogP contribution is 2.13. The fourth-order valence-corrected chi connectivity index (χ4v) is 1.99. The molecule has 0 aliphatic heterocycles. The molecule has 1 unspecified atom stereocenters. The number of pyridine rings is 1. The van der Waals surface area contributed by atoms with Crippen LogP contribution in [-0.2, 0) is 4.79 Å². The Balaban J connectivity index is 1.91. The number of rotatable bonds is 6. The molecule has 1 N–H and O–H groups in total. The Morgan fingerprint density at radius 2 is 2.09 bits per heavy atom. The maximum Gasteiger partial charge on any atom is 0.244 e. The van der Waals surface area contributed by atoms with Crippen molar-refractivity contribution in [2.24, 2.45) is 0 Å². The van der Waals surface area contributed by atoms with Crippen LogP contribution in [0.1, 0.15) is 31.0 Å². The molecule has 114 valence electrons. The van der Waals surface area contributed by atoms with E-state index in [1.165, 1.54) is 6.08 Å². The standard InChI is InChI=1S/C18H20N2O2/c1-3-22-17-9-6-15(7-10-17)8-11-18(21)20-14(2)16-5-4-12-19-13-16/h4-14H,3H2,1-2H3,(H,20,21)/b11-8+. The molecule has 1 heterocycles. The number of nitrogens with zero attached hydrogens (tertiary/aromatic N) is 1. The Morgan fingerprint density at radius 3 is 2.73 bits per heavy atom. The van der Waals surface area contributed by atoms with Gasteiger partial charge in [0.1, 0.15) is 5.75 Å². The van der Waals surface area contributed by atoms with Crippen molar-refractivity contribution in [1.82, 2.24) is 10.3 Å². The van der Waals surface area contributed by atoms with E-state index >= 15 is 0 Å². The van der Waals surface area contributed by atoms with Gasteiger partial charge in [-0.1, -0.05) is 18.2 Å². The summed E-state index contributed by atoms with van der Waals surface area (Å²) in [6, 6.07) is 11.3. The van der Waals surface area contributed by atoms with Crippen molar-refractivity contribution < 1.29 is 9.53 Å². The number of amides is 1. The van der Waals surface area contributed by atoms with Crippen molar-refractivity contribution in [3.05, 3.63) is 66.0 Å². The molecule has 0 radical (unpaired) electrons. The Bertz CT molecular complexity index is 621. The normalized spacial score (nSPS) is 12.1. The van der Waals surface area contributed by atoms with Gasteiger partial charge in [0.15, 0.2) is 0 Å². The third-order valence-electron chi connectivity index (χ3n) is 3.16. The average molecular weight is 296 g/mol. The van der Waals surface area contributed by atoms with Crippen molar-refractivity contribution in [2.75, 3.05) is 6.61 Å². The van der Waals surface area contributed by atoms with E-state index in [9.17, 15) is 4.79 Å². The number of nitrogens with one attached hydrogen (secondary N) is 1. The van der Waals surface area contributed by atoms with E-state index in [-0.39, 0.29) is 11.9 Å². The van der Waals surface area contributed by atoms with Crippen LogP contribution in [0.3, 0.4) is 0 Å². The number of carbonyl (C=O) groups is 1. The predicted molar refractivity (Wildman–Crippen MR) is 87.4 cm³/mol. The molecule has 4 heteroatoms. The first-order valence-electron chi connectivity index (χ1n) is 7.30. The van der Waals surface area contributed by atoms with E-state index in [0.29, 0.717) is 6.61 Å². The maximum atomic E-state index is 11.9. The Labute approximate surface area is 130 Å². The lowest BCUT2D eigenvalue weighted by Gasteiger charge is -2.11. The number of aromatic nitrogens is 1. The van der Waals surface area contributed by atoms with Crippen LogP contribution in [0.15, 0.2) is 54.9 Å². The quantitative estimate of drug-likeness (QED) is 0.831. The van der Waals surface area contributed by atoms with Gasteiger partial charge in [-0.2, -0.15) is 0 Å². The highest BCUT2D eigenvalue weighted by atomic mass is 16.5. The highest BCUT2D eigenvalue weighted by molar-refractivity contribution is 5.91. The minimum atomic E-state index is -0.134. The van der Waals surface area contributed by atoms with Crippen LogP contribution in [0.2, 0.25) is 0 Å². The Kier molecular flexibility index (Phi) is 5.72. The number of hydrogen-bond donors (Lipinski definition) is 1. The van der Waals surface area contributed by atoms with Crippen molar-refractivity contribution in [3.8, 4) is 5.75 Å². The molecule has 1 aromatic carbocycles. The molecule has 1 atom stereocenters. The van der Waals surface area contributed by atoms with Crippen LogP contribution in [0, 0.1) is 0 Å². The third kappa shape index (κ3) is 4.74. The topological polar surface area (TPSA) is 51.2 Å². The minimum Gasteiger partial charge on any atom is -0.494 e. The summed E-state index contributed by atoms with van der Waals surface area (Å²) < 4.78 is 5.38. The molecule has 0 fully saturated rings. The van der Waals surface area contributed by atoms with Crippen molar-refractivity contribution in [3.63, 3.8) is 0 Å². The zero-order valence-corrected chi connectivity index (χ0v) is 12.8. The van der Waals surface area contributed by atoms with E-state index in [1.54, 1.807) is 18.5 Å². The summed E-state index contributed by atoms with van der Waals surface area (Å²) in [5, 5.41) is 2.91.